The van der Waals surface area contributed by atoms with E-state index in [4.69, 9.17) is 14.2 Å². The zero-order valence-corrected chi connectivity index (χ0v) is 14.8. The Kier molecular flexibility index (Phi) is 6.06. The first kappa shape index (κ1) is 19.2. The second kappa shape index (κ2) is 8.85. The van der Waals surface area contributed by atoms with Gasteiger partial charge in [-0.2, -0.15) is 8.78 Å². The predicted molar refractivity (Wildman–Crippen MR) is 97.5 cm³/mol. The third-order valence-corrected chi connectivity index (χ3v) is 3.63. The van der Waals surface area contributed by atoms with Crippen molar-refractivity contribution < 1.29 is 32.5 Å². The van der Waals surface area contributed by atoms with E-state index in [1.807, 2.05) is 30.3 Å². The molecule has 5 nitrogen and oxygen atoms in total. The van der Waals surface area contributed by atoms with Gasteiger partial charge in [0.05, 0.1) is 12.7 Å². The number of ether oxygens (including phenoxy) is 4. The van der Waals surface area contributed by atoms with Crippen LogP contribution < -0.4 is 18.9 Å². The summed E-state index contributed by atoms with van der Waals surface area (Å²) >= 11 is 0. The van der Waals surface area contributed by atoms with Crippen molar-refractivity contribution >= 4 is 5.97 Å². The molecule has 28 heavy (non-hydrogen) atoms. The van der Waals surface area contributed by atoms with Crippen molar-refractivity contribution in [1.29, 1.82) is 0 Å². The van der Waals surface area contributed by atoms with Gasteiger partial charge in [0, 0.05) is 0 Å². The molecule has 144 valence electrons. The molecule has 0 aliphatic rings. The summed E-state index contributed by atoms with van der Waals surface area (Å²) in [6.45, 7) is -3.00. The number of esters is 1. The van der Waals surface area contributed by atoms with Crippen LogP contribution in [-0.4, -0.2) is 19.7 Å². The molecule has 0 spiro atoms. The number of carbonyl (C=O) groups is 1. The van der Waals surface area contributed by atoms with E-state index in [1.54, 1.807) is 24.3 Å². The molecule has 0 heterocycles. The van der Waals surface area contributed by atoms with Crippen molar-refractivity contribution in [2.75, 3.05) is 7.11 Å². The highest BCUT2D eigenvalue weighted by Gasteiger charge is 2.15. The zero-order valence-electron chi connectivity index (χ0n) is 14.8. The van der Waals surface area contributed by atoms with Crippen molar-refractivity contribution in [1.82, 2.24) is 0 Å². The van der Waals surface area contributed by atoms with E-state index in [0.29, 0.717) is 17.2 Å². The van der Waals surface area contributed by atoms with E-state index in [1.165, 1.54) is 25.3 Å². The summed E-state index contributed by atoms with van der Waals surface area (Å²) in [6, 6.07) is 19.5. The highest BCUT2D eigenvalue weighted by Crippen LogP contribution is 2.30. The maximum absolute atomic E-state index is 12.4. The van der Waals surface area contributed by atoms with Crippen molar-refractivity contribution in [2.24, 2.45) is 0 Å². The lowest BCUT2D eigenvalue weighted by Gasteiger charge is -2.11. The average Bonchev–Trinajstić information content (AvgIpc) is 2.70. The van der Waals surface area contributed by atoms with Crippen molar-refractivity contribution in [3.05, 3.63) is 78.4 Å². The summed E-state index contributed by atoms with van der Waals surface area (Å²) < 4.78 is 45.0. The Balaban J connectivity index is 1.67. The minimum Gasteiger partial charge on any atom is -0.493 e. The molecule has 0 saturated carbocycles. The standard InChI is InChI=1S/C21H16F2O5/c1-25-19-13-14(7-12-18(19)28-21(22)23)20(24)27-17-10-8-16(9-11-17)26-15-5-3-2-4-6-15/h2-13,21H,1H3. The van der Waals surface area contributed by atoms with E-state index in [0.717, 1.165) is 0 Å². The molecule has 0 aliphatic heterocycles. The van der Waals surface area contributed by atoms with E-state index in [9.17, 15) is 13.6 Å². The first-order chi connectivity index (χ1) is 13.5. The molecule has 0 bridgehead atoms. The number of alkyl halides is 2. The van der Waals surface area contributed by atoms with Crippen LogP contribution in [0.2, 0.25) is 0 Å². The van der Waals surface area contributed by atoms with Crippen molar-refractivity contribution in [3.63, 3.8) is 0 Å². The summed E-state index contributed by atoms with van der Waals surface area (Å²) in [5.74, 6) is 0.736. The largest absolute Gasteiger partial charge is 0.493 e. The van der Waals surface area contributed by atoms with Gasteiger partial charge in [-0.1, -0.05) is 18.2 Å². The number of methoxy groups -OCH3 is 1. The predicted octanol–water partition coefficient (Wildman–Crippen LogP) is 5.31. The second-order valence-electron chi connectivity index (χ2n) is 5.52. The zero-order chi connectivity index (χ0) is 19.9. The number of hydrogen-bond donors (Lipinski definition) is 0. The van der Waals surface area contributed by atoms with Crippen LogP contribution in [0.3, 0.4) is 0 Å². The molecule has 3 aromatic rings. The Morgan fingerprint density at radius 2 is 1.46 bits per heavy atom. The molecule has 0 radical (unpaired) electrons. The molecule has 0 atom stereocenters. The molecule has 0 fully saturated rings. The highest BCUT2D eigenvalue weighted by atomic mass is 19.3. The molecule has 0 aromatic heterocycles. The fourth-order valence-corrected chi connectivity index (χ4v) is 2.35. The maximum Gasteiger partial charge on any atom is 0.387 e. The molecule has 0 N–H and O–H groups in total. The molecule has 3 aromatic carbocycles. The lowest BCUT2D eigenvalue weighted by atomic mass is 10.2. The third kappa shape index (κ3) is 4.97. The summed E-state index contributed by atoms with van der Waals surface area (Å²) in [5.41, 5.74) is 0.128. The van der Waals surface area contributed by atoms with E-state index >= 15 is 0 Å². The van der Waals surface area contributed by atoms with Gasteiger partial charge in [-0.25, -0.2) is 4.79 Å². The number of rotatable bonds is 7. The Bertz CT molecular complexity index is 927. The Morgan fingerprint density at radius 1 is 0.821 bits per heavy atom. The van der Waals surface area contributed by atoms with Gasteiger partial charge in [0.2, 0.25) is 0 Å². The molecule has 0 amide bonds. The van der Waals surface area contributed by atoms with E-state index in [-0.39, 0.29) is 17.1 Å². The lowest BCUT2D eigenvalue weighted by Crippen LogP contribution is -2.09. The number of hydrogen-bond acceptors (Lipinski definition) is 5. The van der Waals surface area contributed by atoms with E-state index < -0.39 is 12.6 Å². The maximum atomic E-state index is 12.4. The van der Waals surface area contributed by atoms with Crippen LogP contribution in [0.5, 0.6) is 28.7 Å². The molecule has 0 unspecified atom stereocenters. The average molecular weight is 386 g/mol. The Morgan fingerprint density at radius 3 is 2.11 bits per heavy atom. The van der Waals surface area contributed by atoms with E-state index in [2.05, 4.69) is 4.74 Å². The Hall–Kier alpha value is -3.61. The second-order valence-corrected chi connectivity index (χ2v) is 5.52. The summed E-state index contributed by atoms with van der Waals surface area (Å²) in [4.78, 5) is 12.3. The normalized spacial score (nSPS) is 10.4. The number of para-hydroxylation sites is 1. The molecule has 7 heteroatoms. The fraction of sp³-hybridized carbons (Fsp3) is 0.0952. The van der Waals surface area contributed by atoms with Gasteiger partial charge in [0.25, 0.3) is 0 Å². The van der Waals surface area contributed by atoms with Crippen molar-refractivity contribution in [3.8, 4) is 28.7 Å². The number of halogens is 2. The quantitative estimate of drug-likeness (QED) is 0.407. The summed E-state index contributed by atoms with van der Waals surface area (Å²) in [5, 5.41) is 0. The minimum absolute atomic E-state index is 0.00126. The summed E-state index contributed by atoms with van der Waals surface area (Å²) in [6.07, 6.45) is 0. The van der Waals surface area contributed by atoms with Crippen LogP contribution in [0.15, 0.2) is 72.8 Å². The van der Waals surface area contributed by atoms with Gasteiger partial charge in [0.15, 0.2) is 11.5 Å². The topological polar surface area (TPSA) is 54.0 Å². The molecule has 0 saturated heterocycles. The fourth-order valence-electron chi connectivity index (χ4n) is 2.35. The van der Waals surface area contributed by atoms with Crippen LogP contribution >= 0.6 is 0 Å². The van der Waals surface area contributed by atoms with Gasteiger partial charge in [0.1, 0.15) is 17.2 Å². The minimum atomic E-state index is -3.00. The Labute approximate surface area is 160 Å². The van der Waals surface area contributed by atoms with Gasteiger partial charge in [-0.15, -0.1) is 0 Å². The molecule has 0 aliphatic carbocycles. The van der Waals surface area contributed by atoms with Crippen molar-refractivity contribution in [2.45, 2.75) is 6.61 Å². The summed E-state index contributed by atoms with van der Waals surface area (Å²) in [7, 11) is 1.29. The van der Waals surface area contributed by atoms with Crippen LogP contribution in [0.1, 0.15) is 10.4 Å². The van der Waals surface area contributed by atoms with Crippen LogP contribution in [-0.2, 0) is 0 Å². The van der Waals surface area contributed by atoms with Crippen LogP contribution in [0.4, 0.5) is 8.78 Å². The van der Waals surface area contributed by atoms with Gasteiger partial charge in [-0.05, 0) is 54.6 Å². The van der Waals surface area contributed by atoms with Crippen LogP contribution in [0.25, 0.3) is 0 Å². The van der Waals surface area contributed by atoms with Gasteiger partial charge >= 0.3 is 12.6 Å². The monoisotopic (exact) mass is 386 g/mol. The molecular formula is C21H16F2O5. The van der Waals surface area contributed by atoms with Gasteiger partial charge < -0.3 is 18.9 Å². The third-order valence-electron chi connectivity index (χ3n) is 3.63. The highest BCUT2D eigenvalue weighted by molar-refractivity contribution is 5.91. The molecular weight excluding hydrogens is 370 g/mol. The smallest absolute Gasteiger partial charge is 0.387 e. The SMILES string of the molecule is COc1cc(C(=O)Oc2ccc(Oc3ccccc3)cc2)ccc1OC(F)F. The van der Waals surface area contributed by atoms with Gasteiger partial charge in [-0.3, -0.25) is 0 Å². The first-order valence-electron chi connectivity index (χ1n) is 8.23. The lowest BCUT2D eigenvalue weighted by molar-refractivity contribution is -0.0512. The number of benzene rings is 3. The molecule has 3 rings (SSSR count). The number of carbonyl (C=O) groups excluding carboxylic acids is 1. The first-order valence-corrected chi connectivity index (χ1v) is 8.23. The van der Waals surface area contributed by atoms with Crippen LogP contribution in [0, 0.1) is 0 Å².